The van der Waals surface area contributed by atoms with Gasteiger partial charge in [-0.2, -0.15) is 0 Å². The molecule has 1 N–H and O–H groups in total. The van der Waals surface area contributed by atoms with E-state index in [-0.39, 0.29) is 0 Å². The van der Waals surface area contributed by atoms with Gasteiger partial charge in [-0.25, -0.2) is 0 Å². The summed E-state index contributed by atoms with van der Waals surface area (Å²) in [6.45, 7) is 0.428. The van der Waals surface area contributed by atoms with E-state index < -0.39 is 0 Å². The van der Waals surface area contributed by atoms with Gasteiger partial charge in [-0.1, -0.05) is 30.3 Å². The maximum absolute atomic E-state index is 7.32. The van der Waals surface area contributed by atoms with Crippen LogP contribution in [0.1, 0.15) is 11.1 Å². The van der Waals surface area contributed by atoms with E-state index in [0.29, 0.717) is 29.4 Å². The molecule has 104 valence electrons. The molecule has 0 unspecified atom stereocenters. The summed E-state index contributed by atoms with van der Waals surface area (Å²) < 4.78 is 16.4. The van der Waals surface area contributed by atoms with E-state index in [0.717, 1.165) is 5.56 Å². The molecule has 0 aliphatic carbocycles. The first-order valence-corrected chi connectivity index (χ1v) is 6.21. The first-order chi connectivity index (χ1) is 9.78. The Morgan fingerprint density at radius 2 is 1.60 bits per heavy atom. The monoisotopic (exact) mass is 271 g/mol. The Morgan fingerprint density at radius 1 is 1.00 bits per heavy atom. The van der Waals surface area contributed by atoms with Crippen molar-refractivity contribution in [1.29, 1.82) is 5.41 Å². The molecular formula is C16H17NO3. The molecule has 2 aromatic rings. The molecule has 0 aliphatic heterocycles. The summed E-state index contributed by atoms with van der Waals surface area (Å²) in [5.41, 5.74) is 1.76. The number of hydrogen-bond acceptors (Lipinski definition) is 4. The van der Waals surface area contributed by atoms with Crippen molar-refractivity contribution >= 4 is 6.21 Å². The summed E-state index contributed by atoms with van der Waals surface area (Å²) >= 11 is 0. The lowest BCUT2D eigenvalue weighted by molar-refractivity contribution is 0.266. The first-order valence-electron chi connectivity index (χ1n) is 6.21. The highest BCUT2D eigenvalue weighted by atomic mass is 16.5. The van der Waals surface area contributed by atoms with Crippen molar-refractivity contribution in [1.82, 2.24) is 0 Å². The molecule has 0 aliphatic rings. The molecule has 0 heterocycles. The minimum absolute atomic E-state index is 0.428. The summed E-state index contributed by atoms with van der Waals surface area (Å²) in [5.74, 6) is 1.65. The maximum atomic E-state index is 7.32. The van der Waals surface area contributed by atoms with Crippen LogP contribution in [0.15, 0.2) is 42.5 Å². The molecule has 2 aromatic carbocycles. The summed E-state index contributed by atoms with van der Waals surface area (Å²) in [5, 5.41) is 7.32. The molecule has 20 heavy (non-hydrogen) atoms. The number of nitrogens with one attached hydrogen (secondary N) is 1. The van der Waals surface area contributed by atoms with Gasteiger partial charge >= 0.3 is 0 Å². The summed E-state index contributed by atoms with van der Waals surface area (Å²) in [6, 6.07) is 13.4. The Balaban J connectivity index is 2.27. The van der Waals surface area contributed by atoms with Gasteiger partial charge in [0.2, 0.25) is 5.75 Å². The van der Waals surface area contributed by atoms with Crippen molar-refractivity contribution in [2.24, 2.45) is 0 Å². The zero-order valence-corrected chi connectivity index (χ0v) is 11.6. The molecule has 0 spiro atoms. The third kappa shape index (κ3) is 3.09. The fraction of sp³-hybridized carbons (Fsp3) is 0.188. The molecule has 2 rings (SSSR count). The van der Waals surface area contributed by atoms with Crippen molar-refractivity contribution in [2.45, 2.75) is 6.61 Å². The lowest BCUT2D eigenvalue weighted by Gasteiger charge is -2.15. The van der Waals surface area contributed by atoms with Crippen LogP contribution in [-0.2, 0) is 6.61 Å². The Hall–Kier alpha value is -2.49. The Morgan fingerprint density at radius 3 is 2.10 bits per heavy atom. The predicted molar refractivity (Wildman–Crippen MR) is 78.2 cm³/mol. The van der Waals surface area contributed by atoms with Gasteiger partial charge in [-0.05, 0) is 23.3 Å². The highest BCUT2D eigenvalue weighted by molar-refractivity contribution is 5.80. The standard InChI is InChI=1S/C16H17NO3/c1-18-14-8-13(10-17)9-15(19-2)16(14)20-11-12-6-4-3-5-7-12/h3-10,17H,11H2,1-2H3. The lowest BCUT2D eigenvalue weighted by Crippen LogP contribution is -2.01. The van der Waals surface area contributed by atoms with Crippen molar-refractivity contribution in [3.8, 4) is 17.2 Å². The van der Waals surface area contributed by atoms with Crippen molar-refractivity contribution < 1.29 is 14.2 Å². The molecule has 4 nitrogen and oxygen atoms in total. The minimum atomic E-state index is 0.428. The Bertz CT molecular complexity index is 557. The Kier molecular flexibility index (Phi) is 4.60. The van der Waals surface area contributed by atoms with Crippen LogP contribution in [0, 0.1) is 5.41 Å². The van der Waals surface area contributed by atoms with E-state index in [9.17, 15) is 0 Å². The van der Waals surface area contributed by atoms with E-state index >= 15 is 0 Å². The van der Waals surface area contributed by atoms with Gasteiger partial charge in [0.05, 0.1) is 14.2 Å². The normalized spacial score (nSPS) is 9.90. The molecule has 0 atom stereocenters. The molecule has 0 amide bonds. The quantitative estimate of drug-likeness (QED) is 0.820. The molecule has 0 saturated heterocycles. The van der Waals surface area contributed by atoms with Crippen LogP contribution in [0.2, 0.25) is 0 Å². The van der Waals surface area contributed by atoms with Crippen LogP contribution in [-0.4, -0.2) is 20.4 Å². The molecule has 0 fully saturated rings. The van der Waals surface area contributed by atoms with Gasteiger partial charge in [0.1, 0.15) is 6.61 Å². The molecule has 0 saturated carbocycles. The second kappa shape index (κ2) is 6.61. The second-order valence-electron chi connectivity index (χ2n) is 4.17. The zero-order chi connectivity index (χ0) is 14.4. The van der Waals surface area contributed by atoms with Crippen molar-refractivity contribution in [3.63, 3.8) is 0 Å². The fourth-order valence-electron chi connectivity index (χ4n) is 1.86. The third-order valence-electron chi connectivity index (χ3n) is 2.88. The summed E-state index contributed by atoms with van der Waals surface area (Å²) in [6.07, 6.45) is 1.24. The van der Waals surface area contributed by atoms with Gasteiger partial charge in [0.15, 0.2) is 11.5 Å². The smallest absolute Gasteiger partial charge is 0.203 e. The van der Waals surface area contributed by atoms with Gasteiger partial charge < -0.3 is 19.6 Å². The van der Waals surface area contributed by atoms with E-state index in [1.165, 1.54) is 6.21 Å². The van der Waals surface area contributed by atoms with E-state index in [1.807, 2.05) is 30.3 Å². The number of hydrogen-bond donors (Lipinski definition) is 1. The fourth-order valence-corrected chi connectivity index (χ4v) is 1.86. The van der Waals surface area contributed by atoms with E-state index in [2.05, 4.69) is 0 Å². The molecule has 4 heteroatoms. The van der Waals surface area contributed by atoms with Crippen molar-refractivity contribution in [2.75, 3.05) is 14.2 Å². The minimum Gasteiger partial charge on any atom is -0.493 e. The zero-order valence-electron chi connectivity index (χ0n) is 11.6. The van der Waals surface area contributed by atoms with Gasteiger partial charge in [0, 0.05) is 6.21 Å². The van der Waals surface area contributed by atoms with Crippen LogP contribution in [0.4, 0.5) is 0 Å². The van der Waals surface area contributed by atoms with E-state index in [1.54, 1.807) is 26.4 Å². The van der Waals surface area contributed by atoms with Gasteiger partial charge in [0.25, 0.3) is 0 Å². The summed E-state index contributed by atoms with van der Waals surface area (Å²) in [4.78, 5) is 0. The van der Waals surface area contributed by atoms with Gasteiger partial charge in [-0.15, -0.1) is 0 Å². The SMILES string of the molecule is COc1cc(C=N)cc(OC)c1OCc1ccccc1. The molecular weight excluding hydrogens is 254 g/mol. The highest BCUT2D eigenvalue weighted by Gasteiger charge is 2.13. The lowest BCUT2D eigenvalue weighted by atomic mass is 10.2. The third-order valence-corrected chi connectivity index (χ3v) is 2.88. The molecule has 0 radical (unpaired) electrons. The van der Waals surface area contributed by atoms with Crippen LogP contribution in [0.25, 0.3) is 0 Å². The second-order valence-corrected chi connectivity index (χ2v) is 4.17. The largest absolute Gasteiger partial charge is 0.493 e. The average molecular weight is 271 g/mol. The van der Waals surface area contributed by atoms with Crippen LogP contribution in [0.3, 0.4) is 0 Å². The predicted octanol–water partition coefficient (Wildman–Crippen LogP) is 3.28. The van der Waals surface area contributed by atoms with Gasteiger partial charge in [-0.3, -0.25) is 0 Å². The molecule has 0 bridgehead atoms. The van der Waals surface area contributed by atoms with Crippen LogP contribution < -0.4 is 14.2 Å². The summed E-state index contributed by atoms with van der Waals surface area (Å²) in [7, 11) is 3.13. The van der Waals surface area contributed by atoms with Crippen molar-refractivity contribution in [3.05, 3.63) is 53.6 Å². The molecule has 0 aromatic heterocycles. The highest BCUT2D eigenvalue weighted by Crippen LogP contribution is 2.38. The number of methoxy groups -OCH3 is 2. The maximum Gasteiger partial charge on any atom is 0.203 e. The number of ether oxygens (including phenoxy) is 3. The number of rotatable bonds is 6. The Labute approximate surface area is 118 Å². The number of benzene rings is 2. The topological polar surface area (TPSA) is 51.5 Å². The van der Waals surface area contributed by atoms with Crippen LogP contribution >= 0.6 is 0 Å². The van der Waals surface area contributed by atoms with E-state index in [4.69, 9.17) is 19.6 Å². The first kappa shape index (κ1) is 13.9. The van der Waals surface area contributed by atoms with Crippen LogP contribution in [0.5, 0.6) is 17.2 Å². The average Bonchev–Trinajstić information content (AvgIpc) is 2.52.